The summed E-state index contributed by atoms with van der Waals surface area (Å²) in [6.45, 7) is 0.794. The van der Waals surface area contributed by atoms with Crippen LogP contribution in [0.3, 0.4) is 0 Å². The Labute approximate surface area is 198 Å². The number of oxazole rings is 1. The number of piperidine rings is 1. The van der Waals surface area contributed by atoms with Gasteiger partial charge in [0.15, 0.2) is 0 Å². The number of halogens is 3. The number of hydrogen-bond donors (Lipinski definition) is 1. The molecule has 1 saturated heterocycles. The molecule has 0 aliphatic carbocycles. The lowest BCUT2D eigenvalue weighted by molar-refractivity contribution is -0.137. The lowest BCUT2D eigenvalue weighted by Gasteiger charge is -2.30. The van der Waals surface area contributed by atoms with Gasteiger partial charge in [-0.2, -0.15) is 18.2 Å². The van der Waals surface area contributed by atoms with Crippen molar-refractivity contribution in [1.82, 2.24) is 23.7 Å². The number of hydrogen-bond acceptors (Lipinski definition) is 7. The first-order valence-electron chi connectivity index (χ1n) is 10.8. The number of alkyl halides is 3. The first-order valence-corrected chi connectivity index (χ1v) is 12.6. The van der Waals surface area contributed by atoms with Gasteiger partial charge in [0.1, 0.15) is 17.7 Å². The molecule has 0 radical (unpaired) electrons. The van der Waals surface area contributed by atoms with Gasteiger partial charge in [0.25, 0.3) is 0 Å². The van der Waals surface area contributed by atoms with Crippen LogP contribution in [0.5, 0.6) is 0 Å². The van der Waals surface area contributed by atoms with E-state index in [-0.39, 0.29) is 17.4 Å². The standard InChI is InChI=1S/C22H21F3N6O3S/c1-35(32,33)30-9-6-16(7-10-30)27-20-26-8-5-17(28-20)19-18(29-21-31(19)11-12-34-21)14-3-2-4-15(13-14)22(23,24)25/h2-5,8,11-13,16H,6-7,9-10H2,1H3,(H,26,27,28). The predicted octanol–water partition coefficient (Wildman–Crippen LogP) is 3.91. The zero-order valence-electron chi connectivity index (χ0n) is 18.5. The molecule has 1 N–H and O–H groups in total. The molecular formula is C22H21F3N6O3S. The van der Waals surface area contributed by atoms with Crippen molar-refractivity contribution in [3.63, 3.8) is 0 Å². The molecule has 1 aliphatic heterocycles. The van der Waals surface area contributed by atoms with Crippen LogP contribution < -0.4 is 5.32 Å². The average Bonchev–Trinajstić information content (AvgIpc) is 3.40. The Morgan fingerprint density at radius 3 is 2.63 bits per heavy atom. The number of rotatable bonds is 5. The van der Waals surface area contributed by atoms with Crippen LogP contribution in [0, 0.1) is 0 Å². The largest absolute Gasteiger partial charge is 0.432 e. The van der Waals surface area contributed by atoms with Crippen molar-refractivity contribution in [3.05, 3.63) is 54.6 Å². The van der Waals surface area contributed by atoms with Crippen LogP contribution in [0.1, 0.15) is 18.4 Å². The van der Waals surface area contributed by atoms with Crippen LogP contribution in [0.2, 0.25) is 0 Å². The van der Waals surface area contributed by atoms with Crippen LogP contribution in [0.4, 0.5) is 19.1 Å². The maximum Gasteiger partial charge on any atom is 0.416 e. The second kappa shape index (κ2) is 8.64. The molecule has 13 heteroatoms. The highest BCUT2D eigenvalue weighted by Gasteiger charge is 2.31. The van der Waals surface area contributed by atoms with Gasteiger partial charge < -0.3 is 9.73 Å². The normalized spacial score (nSPS) is 16.1. The van der Waals surface area contributed by atoms with Crippen LogP contribution in [0.25, 0.3) is 28.5 Å². The highest BCUT2D eigenvalue weighted by atomic mass is 32.2. The Morgan fingerprint density at radius 1 is 1.14 bits per heavy atom. The van der Waals surface area contributed by atoms with Gasteiger partial charge in [-0.05, 0) is 31.0 Å². The molecule has 9 nitrogen and oxygen atoms in total. The second-order valence-corrected chi connectivity index (χ2v) is 10.3. The molecule has 3 aromatic heterocycles. The van der Waals surface area contributed by atoms with Gasteiger partial charge in [-0.15, -0.1) is 0 Å². The molecule has 184 valence electrons. The minimum Gasteiger partial charge on any atom is -0.432 e. The van der Waals surface area contributed by atoms with Gasteiger partial charge in [-0.25, -0.2) is 22.7 Å². The maximum absolute atomic E-state index is 13.3. The van der Waals surface area contributed by atoms with E-state index in [9.17, 15) is 21.6 Å². The molecule has 0 unspecified atom stereocenters. The monoisotopic (exact) mass is 506 g/mol. The van der Waals surface area contributed by atoms with Crippen molar-refractivity contribution in [2.45, 2.75) is 25.1 Å². The van der Waals surface area contributed by atoms with E-state index in [2.05, 4.69) is 20.3 Å². The van der Waals surface area contributed by atoms with E-state index in [1.165, 1.54) is 22.9 Å². The summed E-state index contributed by atoms with van der Waals surface area (Å²) < 4.78 is 71.8. The fourth-order valence-corrected chi connectivity index (χ4v) is 5.02. The summed E-state index contributed by atoms with van der Waals surface area (Å²) in [6, 6.07) is 6.55. The molecule has 0 saturated carbocycles. The van der Waals surface area contributed by atoms with Crippen molar-refractivity contribution in [3.8, 4) is 22.6 Å². The molecule has 0 amide bonds. The molecule has 0 spiro atoms. The summed E-state index contributed by atoms with van der Waals surface area (Å²) in [4.78, 5) is 13.3. The van der Waals surface area contributed by atoms with Crippen LogP contribution >= 0.6 is 0 Å². The number of benzene rings is 1. The zero-order chi connectivity index (χ0) is 24.8. The van der Waals surface area contributed by atoms with Crippen molar-refractivity contribution in [1.29, 1.82) is 0 Å². The molecule has 0 bridgehead atoms. The van der Waals surface area contributed by atoms with E-state index in [0.29, 0.717) is 49.0 Å². The first-order chi connectivity index (χ1) is 16.6. The summed E-state index contributed by atoms with van der Waals surface area (Å²) in [5.74, 6) is 0.544. The summed E-state index contributed by atoms with van der Waals surface area (Å²) in [7, 11) is -3.23. The van der Waals surface area contributed by atoms with Crippen molar-refractivity contribution in [2.24, 2.45) is 0 Å². The van der Waals surface area contributed by atoms with E-state index in [0.717, 1.165) is 12.1 Å². The van der Waals surface area contributed by atoms with Crippen LogP contribution in [-0.4, -0.2) is 57.5 Å². The molecule has 0 atom stereocenters. The quantitative estimate of drug-likeness (QED) is 0.438. The molecular weight excluding hydrogens is 485 g/mol. The van der Waals surface area contributed by atoms with E-state index < -0.39 is 21.8 Å². The molecule has 4 heterocycles. The fraction of sp³-hybridized carbons (Fsp3) is 0.318. The van der Waals surface area contributed by atoms with Gasteiger partial charge >= 0.3 is 12.0 Å². The van der Waals surface area contributed by atoms with Crippen molar-refractivity contribution >= 4 is 21.8 Å². The van der Waals surface area contributed by atoms with Crippen molar-refractivity contribution < 1.29 is 26.0 Å². The van der Waals surface area contributed by atoms with E-state index in [1.54, 1.807) is 28.9 Å². The minimum atomic E-state index is -4.49. The number of imidazole rings is 1. The van der Waals surface area contributed by atoms with Gasteiger partial charge in [-0.1, -0.05) is 12.1 Å². The number of nitrogens with one attached hydrogen (secondary N) is 1. The highest BCUT2D eigenvalue weighted by Crippen LogP contribution is 2.36. The minimum absolute atomic E-state index is 0.0226. The lowest BCUT2D eigenvalue weighted by Crippen LogP contribution is -2.42. The molecule has 1 aromatic carbocycles. The predicted molar refractivity (Wildman–Crippen MR) is 122 cm³/mol. The Bertz CT molecular complexity index is 1470. The first kappa shape index (κ1) is 23.3. The summed E-state index contributed by atoms with van der Waals surface area (Å²) in [6.07, 6.45) is 2.48. The SMILES string of the molecule is CS(=O)(=O)N1CCC(Nc2nccc(-c3c(-c4cccc(C(F)(F)F)c4)nc4occn34)n2)CC1. The third kappa shape index (κ3) is 4.73. The Hall–Kier alpha value is -3.45. The van der Waals surface area contributed by atoms with Gasteiger partial charge in [0.05, 0.1) is 17.5 Å². The average molecular weight is 507 g/mol. The third-order valence-corrected chi connectivity index (χ3v) is 7.18. The number of fused-ring (bicyclic) bond motifs is 1. The zero-order valence-corrected chi connectivity index (χ0v) is 19.3. The van der Waals surface area contributed by atoms with E-state index in [1.807, 2.05) is 0 Å². The molecule has 5 rings (SSSR count). The Morgan fingerprint density at radius 2 is 1.91 bits per heavy atom. The van der Waals surface area contributed by atoms with Crippen LogP contribution in [0.15, 0.2) is 53.4 Å². The highest BCUT2D eigenvalue weighted by molar-refractivity contribution is 7.88. The lowest BCUT2D eigenvalue weighted by atomic mass is 10.0. The molecule has 1 fully saturated rings. The van der Waals surface area contributed by atoms with E-state index in [4.69, 9.17) is 4.42 Å². The number of anilines is 1. The molecule has 1 aliphatic rings. The summed E-state index contributed by atoms with van der Waals surface area (Å²) in [5, 5.41) is 3.24. The topological polar surface area (TPSA) is 106 Å². The Kier molecular flexibility index (Phi) is 5.75. The summed E-state index contributed by atoms with van der Waals surface area (Å²) in [5.41, 5.74) is 0.690. The maximum atomic E-state index is 13.3. The Balaban J connectivity index is 1.47. The number of nitrogens with zero attached hydrogens (tertiary/aromatic N) is 5. The number of aromatic nitrogens is 4. The van der Waals surface area contributed by atoms with Crippen molar-refractivity contribution in [2.75, 3.05) is 24.7 Å². The van der Waals surface area contributed by atoms with Gasteiger partial charge in [-0.3, -0.25) is 4.40 Å². The molecule has 35 heavy (non-hydrogen) atoms. The second-order valence-electron chi connectivity index (χ2n) is 8.29. The van der Waals surface area contributed by atoms with Crippen LogP contribution in [-0.2, 0) is 16.2 Å². The third-order valence-electron chi connectivity index (χ3n) is 5.88. The van der Waals surface area contributed by atoms with Gasteiger partial charge in [0.2, 0.25) is 16.0 Å². The number of sulfonamides is 1. The smallest absolute Gasteiger partial charge is 0.416 e. The van der Waals surface area contributed by atoms with Gasteiger partial charge in [0, 0.05) is 37.1 Å². The molecule has 4 aromatic rings. The summed E-state index contributed by atoms with van der Waals surface area (Å²) >= 11 is 0. The van der Waals surface area contributed by atoms with E-state index >= 15 is 0 Å². The fourth-order valence-electron chi connectivity index (χ4n) is 4.15.